The van der Waals surface area contributed by atoms with Crippen LogP contribution in [-0.4, -0.2) is 10.4 Å². The highest BCUT2D eigenvalue weighted by Crippen LogP contribution is 2.29. The van der Waals surface area contributed by atoms with Crippen molar-refractivity contribution in [2.75, 3.05) is 0 Å². The van der Waals surface area contributed by atoms with Gasteiger partial charge in [-0.3, -0.25) is 4.98 Å². The first-order valence-corrected chi connectivity index (χ1v) is 5.81. The summed E-state index contributed by atoms with van der Waals surface area (Å²) in [4.78, 5) is 4.14. The van der Waals surface area contributed by atoms with Gasteiger partial charge in [0.25, 0.3) is 0 Å². The van der Waals surface area contributed by atoms with Crippen molar-refractivity contribution in [1.82, 2.24) is 4.98 Å². The molecule has 0 spiro atoms. The Hall–Kier alpha value is -0.560. The SMILES string of the molecule is ClC1CCCC(Cc2cccnc2)C1. The van der Waals surface area contributed by atoms with Crippen molar-refractivity contribution in [3.8, 4) is 0 Å². The molecule has 1 aromatic rings. The molecule has 0 radical (unpaired) electrons. The number of nitrogens with zero attached hydrogens (tertiary/aromatic N) is 1. The number of pyridine rings is 1. The predicted octanol–water partition coefficient (Wildman–Crippen LogP) is 3.42. The first kappa shape index (κ1) is 9.97. The molecule has 2 atom stereocenters. The lowest BCUT2D eigenvalue weighted by Gasteiger charge is -2.25. The molecule has 1 nitrogen and oxygen atoms in total. The lowest BCUT2D eigenvalue weighted by atomic mass is 9.85. The number of rotatable bonds is 2. The van der Waals surface area contributed by atoms with Crippen molar-refractivity contribution in [2.24, 2.45) is 5.92 Å². The molecule has 0 aromatic carbocycles. The maximum absolute atomic E-state index is 6.16. The zero-order valence-corrected chi connectivity index (χ0v) is 9.08. The first-order valence-electron chi connectivity index (χ1n) is 5.37. The molecular weight excluding hydrogens is 194 g/mol. The molecule has 76 valence electrons. The third-order valence-corrected chi connectivity index (χ3v) is 3.36. The van der Waals surface area contributed by atoms with Crippen LogP contribution in [0.1, 0.15) is 31.2 Å². The van der Waals surface area contributed by atoms with Crippen LogP contribution in [0.15, 0.2) is 24.5 Å². The third-order valence-electron chi connectivity index (χ3n) is 2.97. The van der Waals surface area contributed by atoms with Gasteiger partial charge in [0.1, 0.15) is 0 Å². The van der Waals surface area contributed by atoms with Crippen molar-refractivity contribution in [2.45, 2.75) is 37.5 Å². The summed E-state index contributed by atoms with van der Waals surface area (Å²) >= 11 is 6.16. The average molecular weight is 210 g/mol. The lowest BCUT2D eigenvalue weighted by Crippen LogP contribution is -2.17. The number of hydrogen-bond acceptors (Lipinski definition) is 1. The summed E-state index contributed by atoms with van der Waals surface area (Å²) in [6.45, 7) is 0. The molecular formula is C12H16ClN. The van der Waals surface area contributed by atoms with Crippen molar-refractivity contribution < 1.29 is 0 Å². The lowest BCUT2D eigenvalue weighted by molar-refractivity contribution is 0.361. The minimum absolute atomic E-state index is 0.408. The summed E-state index contributed by atoms with van der Waals surface area (Å²) in [7, 11) is 0. The molecule has 14 heavy (non-hydrogen) atoms. The van der Waals surface area contributed by atoms with Gasteiger partial charge in [0.2, 0.25) is 0 Å². The molecule has 1 heterocycles. The van der Waals surface area contributed by atoms with Gasteiger partial charge in [0.05, 0.1) is 0 Å². The molecule has 1 fully saturated rings. The topological polar surface area (TPSA) is 12.9 Å². The summed E-state index contributed by atoms with van der Waals surface area (Å²) in [5.74, 6) is 0.774. The molecule has 1 aliphatic carbocycles. The monoisotopic (exact) mass is 209 g/mol. The van der Waals surface area contributed by atoms with Crippen LogP contribution in [0, 0.1) is 5.92 Å². The smallest absolute Gasteiger partial charge is 0.0338 e. The minimum atomic E-state index is 0.408. The Morgan fingerprint density at radius 2 is 2.36 bits per heavy atom. The van der Waals surface area contributed by atoms with E-state index in [9.17, 15) is 0 Å². The fraction of sp³-hybridized carbons (Fsp3) is 0.583. The van der Waals surface area contributed by atoms with Crippen LogP contribution in [0.5, 0.6) is 0 Å². The van der Waals surface area contributed by atoms with Crippen LogP contribution in [0.4, 0.5) is 0 Å². The van der Waals surface area contributed by atoms with Gasteiger partial charge in [-0.15, -0.1) is 11.6 Å². The van der Waals surface area contributed by atoms with Gasteiger partial charge in [-0.2, -0.15) is 0 Å². The van der Waals surface area contributed by atoms with E-state index in [0.717, 1.165) is 12.3 Å². The van der Waals surface area contributed by atoms with E-state index >= 15 is 0 Å². The normalized spacial score (nSPS) is 27.5. The predicted molar refractivity (Wildman–Crippen MR) is 59.5 cm³/mol. The Morgan fingerprint density at radius 3 is 3.07 bits per heavy atom. The quantitative estimate of drug-likeness (QED) is 0.681. The van der Waals surface area contributed by atoms with Gasteiger partial charge >= 0.3 is 0 Å². The van der Waals surface area contributed by atoms with Crippen molar-refractivity contribution in [3.63, 3.8) is 0 Å². The van der Waals surface area contributed by atoms with Gasteiger partial charge in [-0.25, -0.2) is 0 Å². The molecule has 0 saturated heterocycles. The summed E-state index contributed by atoms with van der Waals surface area (Å²) in [6.07, 6.45) is 9.95. The van der Waals surface area contributed by atoms with Crippen molar-refractivity contribution in [1.29, 1.82) is 0 Å². The number of aromatic nitrogens is 1. The maximum atomic E-state index is 6.16. The highest BCUT2D eigenvalue weighted by Gasteiger charge is 2.20. The van der Waals surface area contributed by atoms with E-state index in [1.807, 2.05) is 18.5 Å². The van der Waals surface area contributed by atoms with E-state index in [4.69, 9.17) is 11.6 Å². The van der Waals surface area contributed by atoms with E-state index in [-0.39, 0.29) is 0 Å². The number of halogens is 1. The van der Waals surface area contributed by atoms with Gasteiger partial charge in [0, 0.05) is 17.8 Å². The molecule has 0 amide bonds. The average Bonchev–Trinajstić information content (AvgIpc) is 2.19. The zero-order valence-electron chi connectivity index (χ0n) is 8.32. The van der Waals surface area contributed by atoms with E-state index in [1.165, 1.54) is 31.2 Å². The Bertz CT molecular complexity index is 273. The second-order valence-corrected chi connectivity index (χ2v) is 4.81. The molecule has 0 N–H and O–H groups in total. The molecule has 1 aromatic heterocycles. The van der Waals surface area contributed by atoms with Crippen LogP contribution < -0.4 is 0 Å². The second-order valence-electron chi connectivity index (χ2n) is 4.20. The van der Waals surface area contributed by atoms with Gasteiger partial charge in [-0.1, -0.05) is 18.9 Å². The summed E-state index contributed by atoms with van der Waals surface area (Å²) in [5.41, 5.74) is 1.35. The molecule has 2 rings (SSSR count). The maximum Gasteiger partial charge on any atom is 0.0338 e. The van der Waals surface area contributed by atoms with E-state index < -0.39 is 0 Å². The van der Waals surface area contributed by atoms with Crippen LogP contribution in [0.3, 0.4) is 0 Å². The summed E-state index contributed by atoms with van der Waals surface area (Å²) < 4.78 is 0. The van der Waals surface area contributed by atoms with Crippen LogP contribution in [-0.2, 0) is 6.42 Å². The Morgan fingerprint density at radius 1 is 1.43 bits per heavy atom. The van der Waals surface area contributed by atoms with Crippen molar-refractivity contribution >= 4 is 11.6 Å². The van der Waals surface area contributed by atoms with Gasteiger partial charge in [0.15, 0.2) is 0 Å². The van der Waals surface area contributed by atoms with Crippen LogP contribution in [0.2, 0.25) is 0 Å². The highest BCUT2D eigenvalue weighted by atomic mass is 35.5. The van der Waals surface area contributed by atoms with E-state index in [2.05, 4.69) is 11.1 Å². The minimum Gasteiger partial charge on any atom is -0.264 e. The summed E-state index contributed by atoms with van der Waals surface area (Å²) in [6, 6.07) is 4.17. The van der Waals surface area contributed by atoms with E-state index in [0.29, 0.717) is 5.38 Å². The Kier molecular flexibility index (Phi) is 3.41. The van der Waals surface area contributed by atoms with Gasteiger partial charge < -0.3 is 0 Å². The molecule has 2 unspecified atom stereocenters. The summed E-state index contributed by atoms with van der Waals surface area (Å²) in [5, 5.41) is 0.408. The number of alkyl halides is 1. The Labute approximate surface area is 90.5 Å². The first-order chi connectivity index (χ1) is 6.84. The molecule has 0 aliphatic heterocycles. The van der Waals surface area contributed by atoms with Crippen LogP contribution >= 0.6 is 11.6 Å². The van der Waals surface area contributed by atoms with Crippen molar-refractivity contribution in [3.05, 3.63) is 30.1 Å². The Balaban J connectivity index is 1.91. The molecule has 1 aliphatic rings. The van der Waals surface area contributed by atoms with E-state index in [1.54, 1.807) is 0 Å². The molecule has 2 heteroatoms. The standard InChI is InChI=1S/C12H16ClN/c13-12-5-1-3-10(8-12)7-11-4-2-6-14-9-11/h2,4,6,9-10,12H,1,3,5,7-8H2. The fourth-order valence-corrected chi connectivity index (χ4v) is 2.67. The zero-order chi connectivity index (χ0) is 9.80. The second kappa shape index (κ2) is 4.79. The third kappa shape index (κ3) is 2.71. The molecule has 0 bridgehead atoms. The van der Waals surface area contributed by atoms with Crippen LogP contribution in [0.25, 0.3) is 0 Å². The molecule has 1 saturated carbocycles. The van der Waals surface area contributed by atoms with Gasteiger partial charge in [-0.05, 0) is 36.8 Å². The fourth-order valence-electron chi connectivity index (χ4n) is 2.26. The largest absolute Gasteiger partial charge is 0.264 e. The number of hydrogen-bond donors (Lipinski definition) is 0. The highest BCUT2D eigenvalue weighted by molar-refractivity contribution is 6.20.